The number of imidazole rings is 1. The van der Waals surface area contributed by atoms with Gasteiger partial charge in [0.2, 0.25) is 107 Å². The number of aromatic amines is 1. The second kappa shape index (κ2) is 58.6. The number of aromatic hydroxyl groups is 2. The molecule has 1 fully saturated rings. The largest absolute Gasteiger partial charge is 0.508 e. The normalized spacial score (nSPS) is 15.7. The SMILES string of the molecule is CCC(C)C(NC(=O)C(Cc1ccc(O)cc1)NC(=O)C(Cc1c[nH]cn1)NC(=O)C(CCCNC(=N)N)NC(=O)C1CCCN1C(=O)CNC(=O)C(CC(C)C)NC=O)C(=O)NC(CC(N)=O)C(=O)NC(CC(C)C)C(=O)NC(C(=O)NC(C(=O)NC(CCCNC(=N)N)C(=O)NC(CCC(N)=O)C(=O)NC(CCCNC(=N)N)C(=O)NC(Cc1ccc(O)cc1)C(N)=O)C(C)O)C(C)CC. The molecule has 17 atom stereocenters. The van der Waals surface area contributed by atoms with Gasteiger partial charge in [-0.05, 0) is 137 Å². The highest BCUT2D eigenvalue weighted by atomic mass is 16.3. The van der Waals surface area contributed by atoms with E-state index in [1.54, 1.807) is 41.5 Å². The van der Waals surface area contributed by atoms with Crippen molar-refractivity contribution >= 4 is 125 Å². The maximum absolute atomic E-state index is 15.1. The molecular formula is C87H139N29O21. The van der Waals surface area contributed by atoms with Crippen LogP contribution in [0.25, 0.3) is 0 Å². The van der Waals surface area contributed by atoms with Crippen LogP contribution in [0.15, 0.2) is 61.1 Å². The standard InChI is InChI=1S/C87H139N29O21/c1-10-46(7)68(113-80(133)61(37-50-22-26-53(120)27-23-50)110-77(130)62(38-51-40-97-42-102-51)111-75(128)55(17-13-31-99-86(93)94)106-81(134)64-19-15-33-116(64)67(123)41-101-72(125)59(103-43-117)34-44(3)4)82(135)112-63(39-66(89)122)78(131)109-60(35-45(5)6)79(132)114-69(47(8)11-2)83(136)115-70(48(9)118)84(137)107-56(18-14-32-100-87(95)96)73(126)105-57(28-29-65(88)121)76(129)104-54(16-12-30-98-85(91)92)74(127)108-58(71(90)124)36-49-20-24-52(119)25-21-49/h20-27,40,42-48,54-64,68-70,118-120H,10-19,28-39,41H2,1-9H3,(H2,88,121)(H2,89,122)(H2,90,124)(H,97,102)(H,101,125)(H,103,117)(H,104,129)(H,105,126)(H,106,134)(H,107,137)(H,108,127)(H,109,131)(H,110,130)(H,111,128)(H,112,135)(H,113,133)(H,114,132)(H,115,136)(H4,91,92,98)(H4,93,94,99)(H4,95,96,100). The van der Waals surface area contributed by atoms with Gasteiger partial charge in [0.25, 0.3) is 0 Å². The molecule has 1 saturated heterocycles. The number of rotatable bonds is 62. The number of phenolic OH excluding ortho intramolecular Hbond substituents is 2. The number of guanidine groups is 3. The Balaban J connectivity index is 1.64. The molecule has 0 saturated carbocycles. The number of likely N-dealkylation sites (tertiary alicyclic amines) is 1. The third-order valence-electron chi connectivity index (χ3n) is 22.4. The lowest BCUT2D eigenvalue weighted by atomic mass is 9.95. The molecule has 1 aliphatic rings. The Hall–Kier alpha value is -14.5. The van der Waals surface area contributed by atoms with Gasteiger partial charge in [-0.3, -0.25) is 103 Å². The monoisotopic (exact) mass is 1930 g/mol. The van der Waals surface area contributed by atoms with Gasteiger partial charge in [-0.1, -0.05) is 92.5 Å². The first-order chi connectivity index (χ1) is 64.6. The van der Waals surface area contributed by atoms with Crippen LogP contribution in [-0.2, 0) is 106 Å². The Morgan fingerprint density at radius 2 is 0.832 bits per heavy atom. The fourth-order valence-electron chi connectivity index (χ4n) is 14.6. The second-order valence-electron chi connectivity index (χ2n) is 34.6. The summed E-state index contributed by atoms with van der Waals surface area (Å²) >= 11 is 0. The van der Waals surface area contributed by atoms with Crippen LogP contribution in [0.5, 0.6) is 11.5 Å². The van der Waals surface area contributed by atoms with E-state index < -0.39 is 253 Å². The summed E-state index contributed by atoms with van der Waals surface area (Å²) in [5.74, 6) is -20.5. The van der Waals surface area contributed by atoms with Crippen molar-refractivity contribution in [3.05, 3.63) is 77.9 Å². The van der Waals surface area contributed by atoms with Crippen LogP contribution in [0.2, 0.25) is 0 Å². The number of aliphatic hydroxyl groups excluding tert-OH is 1. The molecule has 36 N–H and O–H groups in total. The number of nitrogens with one attached hydrogen (secondary N) is 21. The zero-order valence-corrected chi connectivity index (χ0v) is 78.6. The highest BCUT2D eigenvalue weighted by molar-refractivity contribution is 6.02. The lowest BCUT2D eigenvalue weighted by Crippen LogP contribution is -2.63. The van der Waals surface area contributed by atoms with Gasteiger partial charge in [-0.2, -0.15) is 0 Å². The van der Waals surface area contributed by atoms with Crippen LogP contribution in [0, 0.1) is 39.9 Å². The first-order valence-corrected chi connectivity index (χ1v) is 45.4. The number of carbonyl (C=O) groups excluding carboxylic acids is 18. The molecule has 50 heteroatoms. The van der Waals surface area contributed by atoms with E-state index in [4.69, 9.17) is 50.6 Å². The number of nitrogens with two attached hydrogens (primary N) is 6. The van der Waals surface area contributed by atoms with E-state index in [-0.39, 0.29) is 139 Å². The van der Waals surface area contributed by atoms with Crippen molar-refractivity contribution in [1.29, 1.82) is 16.2 Å². The summed E-state index contributed by atoms with van der Waals surface area (Å²) in [4.78, 5) is 261. The van der Waals surface area contributed by atoms with Gasteiger partial charge in [0.15, 0.2) is 17.9 Å². The number of nitrogens with zero attached hydrogens (tertiary/aromatic N) is 2. The van der Waals surface area contributed by atoms with Crippen molar-refractivity contribution in [2.24, 2.45) is 58.1 Å². The van der Waals surface area contributed by atoms with Crippen molar-refractivity contribution in [2.75, 3.05) is 32.7 Å². The molecule has 0 spiro atoms. The number of carbonyl (C=O) groups is 18. The highest BCUT2D eigenvalue weighted by Gasteiger charge is 2.42. The van der Waals surface area contributed by atoms with Crippen molar-refractivity contribution in [2.45, 2.75) is 269 Å². The number of aromatic nitrogens is 2. The van der Waals surface area contributed by atoms with E-state index in [0.29, 0.717) is 24.0 Å². The Morgan fingerprint density at radius 1 is 0.453 bits per heavy atom. The molecule has 1 aromatic heterocycles. The minimum atomic E-state index is -1.96. The minimum Gasteiger partial charge on any atom is -0.508 e. The maximum Gasteiger partial charge on any atom is 0.245 e. The molecule has 0 bridgehead atoms. The van der Waals surface area contributed by atoms with Gasteiger partial charge in [0.1, 0.15) is 96.1 Å². The van der Waals surface area contributed by atoms with E-state index in [1.165, 1.54) is 66.0 Å². The number of aliphatic hydroxyl groups is 1. The summed E-state index contributed by atoms with van der Waals surface area (Å²) in [6.45, 7) is 14.1. The smallest absolute Gasteiger partial charge is 0.245 e. The van der Waals surface area contributed by atoms with Gasteiger partial charge in [-0.15, -0.1) is 0 Å². The van der Waals surface area contributed by atoms with Gasteiger partial charge >= 0.3 is 0 Å². The Labute approximate surface area is 793 Å². The summed E-state index contributed by atoms with van der Waals surface area (Å²) in [6, 6.07) is -10.7. The molecule has 18 amide bonds. The van der Waals surface area contributed by atoms with Gasteiger partial charge in [0.05, 0.1) is 31.1 Å². The molecule has 2 heterocycles. The molecule has 0 aliphatic carbocycles. The summed E-state index contributed by atoms with van der Waals surface area (Å²) in [6.07, 6.45) is -1.24. The van der Waals surface area contributed by atoms with E-state index in [9.17, 15) is 92.0 Å². The quantitative estimate of drug-likeness (QED) is 0.0108. The lowest BCUT2D eigenvalue weighted by Gasteiger charge is -2.31. The summed E-state index contributed by atoms with van der Waals surface area (Å²) in [5.41, 5.74) is 34.5. The minimum absolute atomic E-state index is 0.00766. The molecule has 2 aromatic carbocycles. The number of hydrogen-bond acceptors (Lipinski definition) is 25. The zero-order valence-electron chi connectivity index (χ0n) is 78.6. The number of benzene rings is 2. The molecule has 4 rings (SSSR count). The molecule has 3 aromatic rings. The highest BCUT2D eigenvalue weighted by Crippen LogP contribution is 2.22. The molecule has 0 radical (unpaired) electrons. The molecular weight excluding hydrogens is 1790 g/mol. The number of amides is 18. The lowest BCUT2D eigenvalue weighted by molar-refractivity contribution is -0.140. The number of H-pyrrole nitrogens is 1. The third-order valence-corrected chi connectivity index (χ3v) is 22.4. The Morgan fingerprint density at radius 3 is 1.26 bits per heavy atom. The van der Waals surface area contributed by atoms with Gasteiger partial charge in [-0.25, -0.2) is 4.98 Å². The fraction of sp³-hybridized carbons (Fsp3) is 0.586. The van der Waals surface area contributed by atoms with Crippen LogP contribution in [0.3, 0.4) is 0 Å². The van der Waals surface area contributed by atoms with E-state index in [0.717, 1.165) is 6.92 Å². The van der Waals surface area contributed by atoms with Crippen molar-refractivity contribution in [3.8, 4) is 11.5 Å². The van der Waals surface area contributed by atoms with Crippen LogP contribution >= 0.6 is 0 Å². The van der Waals surface area contributed by atoms with Crippen LogP contribution in [0.1, 0.15) is 175 Å². The first-order valence-electron chi connectivity index (χ1n) is 45.4. The number of primary amides is 3. The van der Waals surface area contributed by atoms with Gasteiger partial charge in [0, 0.05) is 58.1 Å². The third kappa shape index (κ3) is 41.5. The van der Waals surface area contributed by atoms with Crippen molar-refractivity contribution in [3.63, 3.8) is 0 Å². The molecule has 50 nitrogen and oxygen atoms in total. The molecule has 1 aliphatic heterocycles. The zero-order chi connectivity index (χ0) is 102. The predicted molar refractivity (Wildman–Crippen MR) is 498 cm³/mol. The van der Waals surface area contributed by atoms with Crippen LogP contribution < -0.4 is 125 Å². The Bertz CT molecular complexity index is 4600. The summed E-state index contributed by atoms with van der Waals surface area (Å²) < 4.78 is 0. The summed E-state index contributed by atoms with van der Waals surface area (Å²) in [5, 5.41) is 97.8. The van der Waals surface area contributed by atoms with Crippen LogP contribution in [0.4, 0.5) is 0 Å². The van der Waals surface area contributed by atoms with Crippen molar-refractivity contribution < 1.29 is 102 Å². The maximum atomic E-state index is 15.1. The number of phenols is 2. The first kappa shape index (κ1) is 115. The average molecular weight is 1930 g/mol. The van der Waals surface area contributed by atoms with Crippen molar-refractivity contribution in [1.82, 2.24) is 105 Å². The molecule has 17 unspecified atom stereocenters. The topological polar surface area (TPSA) is 832 Å². The second-order valence-corrected chi connectivity index (χ2v) is 34.6. The molecule has 758 valence electrons. The number of hydrogen-bond donors (Lipinski definition) is 30. The molecule has 137 heavy (non-hydrogen) atoms. The summed E-state index contributed by atoms with van der Waals surface area (Å²) in [7, 11) is 0. The van der Waals surface area contributed by atoms with E-state index in [1.807, 2.05) is 13.8 Å². The van der Waals surface area contributed by atoms with Crippen LogP contribution in [-0.4, -0.2) is 278 Å². The predicted octanol–water partition coefficient (Wildman–Crippen LogP) is -7.13. The fourth-order valence-corrected chi connectivity index (χ4v) is 14.6. The van der Waals surface area contributed by atoms with E-state index >= 15 is 9.59 Å². The van der Waals surface area contributed by atoms with Gasteiger partial charge < -0.3 is 150 Å². The average Bonchev–Trinajstić information content (AvgIpc) is 1.81. The van der Waals surface area contributed by atoms with E-state index in [2.05, 4.69) is 100 Å². The Kier molecular flexibility index (Phi) is 49.1.